The van der Waals surface area contributed by atoms with Gasteiger partial charge in [-0.05, 0) is 0 Å². The molecule has 0 heterocycles. The second-order valence-electron chi connectivity index (χ2n) is 3.68. The van der Waals surface area contributed by atoms with E-state index in [4.69, 9.17) is 0 Å². The van der Waals surface area contributed by atoms with E-state index in [1.54, 1.807) is 0 Å². The van der Waals surface area contributed by atoms with E-state index >= 15 is 0 Å². The fraction of sp³-hybridized carbons (Fsp3) is 0.200. The van der Waals surface area contributed by atoms with Crippen molar-refractivity contribution >= 4 is 38.8 Å². The summed E-state index contributed by atoms with van der Waals surface area (Å²) in [7, 11) is 0. The van der Waals surface area contributed by atoms with Gasteiger partial charge in [0.15, 0.2) is 0 Å². The zero-order chi connectivity index (χ0) is 11.8. The Bertz CT molecular complexity index is 370. The number of rotatable bonds is 6. The molecule has 0 bridgehead atoms. The molecule has 0 saturated carbocycles. The molecular weight excluding hydrogens is 338 g/mol. The van der Waals surface area contributed by atoms with E-state index in [9.17, 15) is 0 Å². The van der Waals surface area contributed by atoms with Crippen molar-refractivity contribution in [1.29, 1.82) is 0 Å². The first-order valence-corrected chi connectivity index (χ1v) is 9.94. The Hall–Kier alpha value is -0.521. The average molecular weight is 354 g/mol. The van der Waals surface area contributed by atoms with Crippen LogP contribution in [0.15, 0.2) is 60.7 Å². The molecule has 0 fully saturated rings. The fourth-order valence-corrected chi connectivity index (χ4v) is 6.07. The van der Waals surface area contributed by atoms with E-state index in [1.165, 1.54) is 26.0 Å². The van der Waals surface area contributed by atoms with Crippen LogP contribution < -0.4 is 8.92 Å². The molecule has 0 N–H and O–H groups in total. The second kappa shape index (κ2) is 7.74. The first kappa shape index (κ1) is 12.9. The van der Waals surface area contributed by atoms with Crippen molar-refractivity contribution in [1.82, 2.24) is 0 Å². The Morgan fingerprint density at radius 2 is 1.00 bits per heavy atom. The van der Waals surface area contributed by atoms with Crippen LogP contribution in [0.25, 0.3) is 0 Å². The third-order valence-electron chi connectivity index (χ3n) is 2.31. The third-order valence-corrected chi connectivity index (χ3v) is 6.92. The predicted octanol–water partition coefficient (Wildman–Crippen LogP) is 2.27. The topological polar surface area (TPSA) is 0 Å². The summed E-state index contributed by atoms with van der Waals surface area (Å²) in [6, 6.07) is 21.8. The van der Waals surface area contributed by atoms with Crippen LogP contribution in [0.4, 0.5) is 0 Å². The summed E-state index contributed by atoms with van der Waals surface area (Å²) in [5.74, 6) is 0. The SMILES string of the molecule is c1ccc([Se]CCC[Se]c2ccccc2)cc1. The molecule has 0 radical (unpaired) electrons. The molecule has 2 aromatic rings. The van der Waals surface area contributed by atoms with E-state index in [0.717, 1.165) is 0 Å². The van der Waals surface area contributed by atoms with Crippen LogP contribution in [0.5, 0.6) is 0 Å². The molecule has 0 unspecified atom stereocenters. The fourth-order valence-electron chi connectivity index (χ4n) is 1.47. The van der Waals surface area contributed by atoms with Crippen LogP contribution in [-0.2, 0) is 0 Å². The summed E-state index contributed by atoms with van der Waals surface area (Å²) in [5.41, 5.74) is 0. The third kappa shape index (κ3) is 5.10. The van der Waals surface area contributed by atoms with Gasteiger partial charge in [0, 0.05) is 0 Å². The van der Waals surface area contributed by atoms with Gasteiger partial charge in [0.25, 0.3) is 0 Å². The summed E-state index contributed by atoms with van der Waals surface area (Å²) < 4.78 is 3.07. The molecule has 2 rings (SSSR count). The van der Waals surface area contributed by atoms with Crippen LogP contribution in [-0.4, -0.2) is 29.9 Å². The molecular formula is C15H16Se2. The zero-order valence-electron chi connectivity index (χ0n) is 9.71. The second-order valence-corrected chi connectivity index (χ2v) is 8.58. The molecule has 0 aliphatic carbocycles. The molecule has 88 valence electrons. The Morgan fingerprint density at radius 3 is 1.41 bits per heavy atom. The van der Waals surface area contributed by atoms with Crippen LogP contribution in [0.1, 0.15) is 6.42 Å². The van der Waals surface area contributed by atoms with Crippen LogP contribution in [0.2, 0.25) is 10.6 Å². The standard InChI is InChI=1S/C15H16Se2/c1-3-8-14(9-4-1)16-12-7-13-17-15-10-5-2-6-11-15/h1-6,8-11H,7,12-13H2. The molecule has 17 heavy (non-hydrogen) atoms. The normalized spacial score (nSPS) is 10.4. The molecule has 0 spiro atoms. The molecule has 2 heteroatoms. The first-order chi connectivity index (χ1) is 8.45. The van der Waals surface area contributed by atoms with Gasteiger partial charge in [0.1, 0.15) is 0 Å². The molecule has 0 aliphatic rings. The average Bonchev–Trinajstić information content (AvgIpc) is 2.41. The Balaban J connectivity index is 1.61. The monoisotopic (exact) mass is 356 g/mol. The van der Waals surface area contributed by atoms with Crippen LogP contribution >= 0.6 is 0 Å². The maximum atomic E-state index is 2.25. The molecule has 0 aliphatic heterocycles. The van der Waals surface area contributed by atoms with Crippen molar-refractivity contribution in [2.24, 2.45) is 0 Å². The van der Waals surface area contributed by atoms with E-state index in [-0.39, 0.29) is 0 Å². The van der Waals surface area contributed by atoms with Crippen LogP contribution in [0.3, 0.4) is 0 Å². The Labute approximate surface area is 116 Å². The predicted molar refractivity (Wildman–Crippen MR) is 77.9 cm³/mol. The van der Waals surface area contributed by atoms with Crippen molar-refractivity contribution in [2.45, 2.75) is 17.1 Å². The summed E-state index contributed by atoms with van der Waals surface area (Å²) in [4.78, 5) is 0. The number of hydrogen-bond donors (Lipinski definition) is 0. The summed E-state index contributed by atoms with van der Waals surface area (Å²) in [6.07, 6.45) is 1.38. The molecule has 0 aromatic heterocycles. The van der Waals surface area contributed by atoms with Crippen molar-refractivity contribution in [3.05, 3.63) is 60.7 Å². The van der Waals surface area contributed by atoms with E-state index in [2.05, 4.69) is 60.7 Å². The Kier molecular flexibility index (Phi) is 5.88. The van der Waals surface area contributed by atoms with Crippen molar-refractivity contribution in [2.75, 3.05) is 0 Å². The van der Waals surface area contributed by atoms with Gasteiger partial charge in [-0.3, -0.25) is 0 Å². The van der Waals surface area contributed by atoms with Crippen molar-refractivity contribution in [3.8, 4) is 0 Å². The maximum absolute atomic E-state index is 2.25. The van der Waals surface area contributed by atoms with Gasteiger partial charge in [0.05, 0.1) is 0 Å². The summed E-state index contributed by atoms with van der Waals surface area (Å²) in [6.45, 7) is 0. The van der Waals surface area contributed by atoms with Gasteiger partial charge >= 0.3 is 117 Å². The van der Waals surface area contributed by atoms with Gasteiger partial charge in [0.2, 0.25) is 0 Å². The van der Waals surface area contributed by atoms with Gasteiger partial charge in [-0.1, -0.05) is 0 Å². The minimum atomic E-state index is 0.675. The number of benzene rings is 2. The molecule has 0 saturated heterocycles. The molecule has 0 amide bonds. The number of hydrogen-bond acceptors (Lipinski definition) is 0. The summed E-state index contributed by atoms with van der Waals surface area (Å²) >= 11 is 1.35. The minimum absolute atomic E-state index is 0.675. The van der Waals surface area contributed by atoms with Crippen LogP contribution in [0, 0.1) is 0 Å². The van der Waals surface area contributed by atoms with E-state index in [0.29, 0.717) is 29.9 Å². The first-order valence-electron chi connectivity index (χ1n) is 5.81. The van der Waals surface area contributed by atoms with Gasteiger partial charge in [-0.25, -0.2) is 0 Å². The van der Waals surface area contributed by atoms with E-state index < -0.39 is 0 Å². The summed E-state index contributed by atoms with van der Waals surface area (Å²) in [5, 5.41) is 2.76. The van der Waals surface area contributed by atoms with Crippen molar-refractivity contribution in [3.63, 3.8) is 0 Å². The molecule has 0 nitrogen and oxygen atoms in total. The molecule has 2 aromatic carbocycles. The zero-order valence-corrected chi connectivity index (χ0v) is 13.1. The van der Waals surface area contributed by atoms with Crippen molar-refractivity contribution < 1.29 is 0 Å². The molecule has 0 atom stereocenters. The van der Waals surface area contributed by atoms with Gasteiger partial charge in [-0.2, -0.15) is 0 Å². The van der Waals surface area contributed by atoms with Gasteiger partial charge < -0.3 is 0 Å². The quantitative estimate of drug-likeness (QED) is 0.552. The Morgan fingerprint density at radius 1 is 0.588 bits per heavy atom. The van der Waals surface area contributed by atoms with Gasteiger partial charge in [-0.15, -0.1) is 0 Å². The van der Waals surface area contributed by atoms with E-state index in [1.807, 2.05) is 0 Å².